The number of carbonyl (C=O) groups is 1. The Bertz CT molecular complexity index is 192. The van der Waals surface area contributed by atoms with E-state index in [2.05, 4.69) is 5.32 Å². The zero-order valence-electron chi connectivity index (χ0n) is 7.79. The van der Waals surface area contributed by atoms with Crippen molar-refractivity contribution in [2.75, 3.05) is 31.1 Å². The Kier molecular flexibility index (Phi) is 2.98. The minimum Gasteiger partial charge on any atom is -0.336 e. The molecule has 0 spiro atoms. The Morgan fingerprint density at radius 3 is 2.85 bits per heavy atom. The van der Waals surface area contributed by atoms with Crippen molar-refractivity contribution in [1.82, 2.24) is 10.2 Å². The van der Waals surface area contributed by atoms with Gasteiger partial charge in [-0.3, -0.25) is 0 Å². The van der Waals surface area contributed by atoms with E-state index < -0.39 is 0 Å². The van der Waals surface area contributed by atoms with Crippen molar-refractivity contribution in [3.8, 4) is 0 Å². The Hall–Kier alpha value is -0.380. The molecule has 0 aromatic heterocycles. The highest BCUT2D eigenvalue weighted by atomic mass is 32.2. The molecule has 1 N–H and O–H groups in total. The SMILES string of the molecule is O=C1NCCN1CC1CCSCC1. The molecule has 0 atom stereocenters. The first-order chi connectivity index (χ1) is 6.36. The fourth-order valence-corrected chi connectivity index (χ4v) is 3.13. The van der Waals surface area contributed by atoms with E-state index >= 15 is 0 Å². The zero-order valence-corrected chi connectivity index (χ0v) is 8.61. The van der Waals surface area contributed by atoms with Crippen LogP contribution in [0.5, 0.6) is 0 Å². The number of nitrogens with one attached hydrogen (secondary N) is 1. The van der Waals surface area contributed by atoms with Crippen molar-refractivity contribution in [1.29, 1.82) is 0 Å². The molecule has 74 valence electrons. The van der Waals surface area contributed by atoms with E-state index in [0.29, 0.717) is 0 Å². The van der Waals surface area contributed by atoms with Crippen LogP contribution in [-0.2, 0) is 0 Å². The van der Waals surface area contributed by atoms with E-state index in [4.69, 9.17) is 0 Å². The van der Waals surface area contributed by atoms with Crippen molar-refractivity contribution >= 4 is 17.8 Å². The first kappa shape index (κ1) is 9.19. The molecule has 13 heavy (non-hydrogen) atoms. The Balaban J connectivity index is 1.79. The van der Waals surface area contributed by atoms with Gasteiger partial charge < -0.3 is 10.2 Å². The summed E-state index contributed by atoms with van der Waals surface area (Å²) < 4.78 is 0. The molecule has 2 aliphatic rings. The third-order valence-corrected chi connectivity index (χ3v) is 3.81. The van der Waals surface area contributed by atoms with Crippen LogP contribution in [0.2, 0.25) is 0 Å². The highest BCUT2D eigenvalue weighted by molar-refractivity contribution is 7.99. The van der Waals surface area contributed by atoms with Crippen LogP contribution >= 0.6 is 11.8 Å². The Morgan fingerprint density at radius 1 is 1.46 bits per heavy atom. The second kappa shape index (κ2) is 4.22. The third-order valence-electron chi connectivity index (χ3n) is 2.76. The van der Waals surface area contributed by atoms with E-state index in [1.807, 2.05) is 16.7 Å². The standard InChI is InChI=1S/C9H16N2OS/c12-9-10-3-4-11(9)7-8-1-5-13-6-2-8/h8H,1-7H2,(H,10,12). The summed E-state index contributed by atoms with van der Waals surface area (Å²) in [6.45, 7) is 2.72. The summed E-state index contributed by atoms with van der Waals surface area (Å²) in [5, 5.41) is 2.84. The molecular weight excluding hydrogens is 184 g/mol. The summed E-state index contributed by atoms with van der Waals surface area (Å²) in [7, 11) is 0. The summed E-state index contributed by atoms with van der Waals surface area (Å²) >= 11 is 2.04. The first-order valence-electron chi connectivity index (χ1n) is 4.97. The lowest BCUT2D eigenvalue weighted by Gasteiger charge is -2.25. The van der Waals surface area contributed by atoms with Gasteiger partial charge in [-0.25, -0.2) is 4.79 Å². The van der Waals surface area contributed by atoms with Gasteiger partial charge >= 0.3 is 6.03 Å². The molecule has 2 saturated heterocycles. The number of amides is 2. The quantitative estimate of drug-likeness (QED) is 0.725. The van der Waals surface area contributed by atoms with Crippen LogP contribution in [0.15, 0.2) is 0 Å². The second-order valence-electron chi connectivity index (χ2n) is 3.73. The summed E-state index contributed by atoms with van der Waals surface area (Å²) in [6.07, 6.45) is 2.57. The van der Waals surface area contributed by atoms with Crippen molar-refractivity contribution < 1.29 is 4.79 Å². The molecule has 2 amide bonds. The maximum Gasteiger partial charge on any atom is 0.317 e. The number of urea groups is 1. The largest absolute Gasteiger partial charge is 0.336 e. The minimum atomic E-state index is 0.137. The predicted molar refractivity (Wildman–Crippen MR) is 55.0 cm³/mol. The highest BCUT2D eigenvalue weighted by Gasteiger charge is 2.23. The average Bonchev–Trinajstić information content (AvgIpc) is 2.54. The van der Waals surface area contributed by atoms with E-state index in [0.717, 1.165) is 25.6 Å². The maximum atomic E-state index is 11.3. The van der Waals surface area contributed by atoms with Crippen LogP contribution in [-0.4, -0.2) is 42.1 Å². The van der Waals surface area contributed by atoms with Gasteiger partial charge in [-0.15, -0.1) is 0 Å². The summed E-state index contributed by atoms with van der Waals surface area (Å²) in [6, 6.07) is 0.137. The van der Waals surface area contributed by atoms with Crippen molar-refractivity contribution in [2.24, 2.45) is 5.92 Å². The monoisotopic (exact) mass is 200 g/mol. The highest BCUT2D eigenvalue weighted by Crippen LogP contribution is 2.23. The molecule has 0 aromatic rings. The van der Waals surface area contributed by atoms with Gasteiger partial charge in [-0.05, 0) is 30.3 Å². The van der Waals surface area contributed by atoms with Gasteiger partial charge in [0.1, 0.15) is 0 Å². The molecule has 0 bridgehead atoms. The van der Waals surface area contributed by atoms with Gasteiger partial charge in [0.05, 0.1) is 0 Å². The maximum absolute atomic E-state index is 11.3. The third kappa shape index (κ3) is 2.30. The van der Waals surface area contributed by atoms with Gasteiger partial charge in [-0.1, -0.05) is 0 Å². The predicted octanol–water partition coefficient (Wildman–Crippen LogP) is 1.15. The number of thioether (sulfide) groups is 1. The van der Waals surface area contributed by atoms with Gasteiger partial charge in [0.25, 0.3) is 0 Å². The van der Waals surface area contributed by atoms with Gasteiger partial charge in [0.15, 0.2) is 0 Å². The number of nitrogens with zero attached hydrogens (tertiary/aromatic N) is 1. The summed E-state index contributed by atoms with van der Waals surface area (Å²) in [5.41, 5.74) is 0. The first-order valence-corrected chi connectivity index (χ1v) is 6.12. The van der Waals surface area contributed by atoms with Crippen LogP contribution in [0, 0.1) is 5.92 Å². The number of hydrogen-bond acceptors (Lipinski definition) is 2. The number of carbonyl (C=O) groups excluding carboxylic acids is 1. The molecule has 2 heterocycles. The molecule has 4 heteroatoms. The molecule has 3 nitrogen and oxygen atoms in total. The van der Waals surface area contributed by atoms with E-state index in [-0.39, 0.29) is 6.03 Å². The average molecular weight is 200 g/mol. The lowest BCUT2D eigenvalue weighted by atomic mass is 10.0. The summed E-state index contributed by atoms with van der Waals surface area (Å²) in [4.78, 5) is 13.2. The molecule has 2 aliphatic heterocycles. The molecule has 2 fully saturated rings. The number of rotatable bonds is 2. The smallest absolute Gasteiger partial charge is 0.317 e. The lowest BCUT2D eigenvalue weighted by molar-refractivity contribution is 0.207. The lowest BCUT2D eigenvalue weighted by Crippen LogP contribution is -2.34. The molecule has 0 unspecified atom stereocenters. The topological polar surface area (TPSA) is 32.3 Å². The van der Waals surface area contributed by atoms with Crippen LogP contribution in [0.1, 0.15) is 12.8 Å². The van der Waals surface area contributed by atoms with E-state index in [1.54, 1.807) is 0 Å². The van der Waals surface area contributed by atoms with Crippen molar-refractivity contribution in [3.05, 3.63) is 0 Å². The van der Waals surface area contributed by atoms with Crippen LogP contribution < -0.4 is 5.32 Å². The Morgan fingerprint density at radius 2 is 2.23 bits per heavy atom. The van der Waals surface area contributed by atoms with Crippen LogP contribution in [0.25, 0.3) is 0 Å². The van der Waals surface area contributed by atoms with Crippen LogP contribution in [0.3, 0.4) is 0 Å². The zero-order chi connectivity index (χ0) is 9.10. The normalized spacial score (nSPS) is 24.9. The second-order valence-corrected chi connectivity index (χ2v) is 4.96. The molecule has 2 rings (SSSR count). The molecule has 0 aliphatic carbocycles. The Labute approximate surface area is 83.2 Å². The molecule has 0 radical (unpaired) electrons. The fourth-order valence-electron chi connectivity index (χ4n) is 1.93. The molecule has 0 aromatic carbocycles. The van der Waals surface area contributed by atoms with E-state index in [1.165, 1.54) is 24.3 Å². The fraction of sp³-hybridized carbons (Fsp3) is 0.889. The van der Waals surface area contributed by atoms with E-state index in [9.17, 15) is 4.79 Å². The van der Waals surface area contributed by atoms with Gasteiger partial charge in [0.2, 0.25) is 0 Å². The molecule has 0 saturated carbocycles. The van der Waals surface area contributed by atoms with Gasteiger partial charge in [0, 0.05) is 19.6 Å². The van der Waals surface area contributed by atoms with Crippen molar-refractivity contribution in [3.63, 3.8) is 0 Å². The molecular formula is C9H16N2OS. The van der Waals surface area contributed by atoms with Gasteiger partial charge in [-0.2, -0.15) is 11.8 Å². The summed E-state index contributed by atoms with van der Waals surface area (Å²) in [5.74, 6) is 3.31. The number of hydrogen-bond donors (Lipinski definition) is 1. The van der Waals surface area contributed by atoms with Crippen molar-refractivity contribution in [2.45, 2.75) is 12.8 Å². The minimum absolute atomic E-state index is 0.137. The van der Waals surface area contributed by atoms with Crippen LogP contribution in [0.4, 0.5) is 4.79 Å².